The topological polar surface area (TPSA) is 50.4 Å². The standard InChI is InChI=1S/C19H24N2O2/c1-14(2)13-23-18-7-5-4-6-17(18)21-19(22)12-20-16-10-8-15(3)9-11-16/h4-11,14,20H,12-13H2,1-3H3,(H,21,22). The summed E-state index contributed by atoms with van der Waals surface area (Å²) >= 11 is 0. The Bertz CT molecular complexity index is 636. The van der Waals surface area contributed by atoms with Crippen LogP contribution in [0.15, 0.2) is 48.5 Å². The first-order valence-electron chi connectivity index (χ1n) is 7.87. The van der Waals surface area contributed by atoms with Gasteiger partial charge in [-0.1, -0.05) is 43.7 Å². The quantitative estimate of drug-likeness (QED) is 0.810. The molecular weight excluding hydrogens is 288 g/mol. The first kappa shape index (κ1) is 16.9. The minimum absolute atomic E-state index is 0.105. The van der Waals surface area contributed by atoms with Crippen LogP contribution < -0.4 is 15.4 Å². The summed E-state index contributed by atoms with van der Waals surface area (Å²) in [6, 6.07) is 15.4. The summed E-state index contributed by atoms with van der Waals surface area (Å²) in [5.74, 6) is 1.03. The minimum atomic E-state index is -0.105. The van der Waals surface area contributed by atoms with Gasteiger partial charge >= 0.3 is 0 Å². The SMILES string of the molecule is Cc1ccc(NCC(=O)Nc2ccccc2OCC(C)C)cc1. The molecule has 0 unspecified atom stereocenters. The van der Waals surface area contributed by atoms with Crippen molar-refractivity contribution in [2.45, 2.75) is 20.8 Å². The molecule has 0 saturated heterocycles. The van der Waals surface area contributed by atoms with Gasteiger partial charge in [0.1, 0.15) is 5.75 Å². The number of carbonyl (C=O) groups is 1. The number of rotatable bonds is 7. The Balaban J connectivity index is 1.90. The molecule has 0 atom stereocenters. The molecule has 2 aromatic carbocycles. The summed E-state index contributed by atoms with van der Waals surface area (Å²) in [5, 5.41) is 6.00. The van der Waals surface area contributed by atoms with Crippen molar-refractivity contribution in [1.29, 1.82) is 0 Å². The second-order valence-electron chi connectivity index (χ2n) is 5.97. The lowest BCUT2D eigenvalue weighted by Gasteiger charge is -2.14. The van der Waals surface area contributed by atoms with Gasteiger partial charge in [-0.25, -0.2) is 0 Å². The number of aryl methyl sites for hydroxylation is 1. The molecule has 122 valence electrons. The zero-order valence-electron chi connectivity index (χ0n) is 13.9. The van der Waals surface area contributed by atoms with Crippen molar-refractivity contribution in [3.8, 4) is 5.75 Å². The molecule has 0 heterocycles. The lowest BCUT2D eigenvalue weighted by Crippen LogP contribution is -2.22. The summed E-state index contributed by atoms with van der Waals surface area (Å²) in [6.45, 7) is 7.04. The Morgan fingerprint density at radius 1 is 1.09 bits per heavy atom. The number of benzene rings is 2. The van der Waals surface area contributed by atoms with Gasteiger partial charge in [-0.2, -0.15) is 0 Å². The van der Waals surface area contributed by atoms with Crippen molar-refractivity contribution >= 4 is 17.3 Å². The van der Waals surface area contributed by atoms with E-state index >= 15 is 0 Å². The molecule has 2 rings (SSSR count). The molecule has 2 aromatic rings. The summed E-state index contributed by atoms with van der Waals surface area (Å²) in [7, 11) is 0. The van der Waals surface area contributed by atoms with Crippen LogP contribution in [0.4, 0.5) is 11.4 Å². The van der Waals surface area contributed by atoms with Crippen molar-refractivity contribution in [2.75, 3.05) is 23.8 Å². The van der Waals surface area contributed by atoms with Gasteiger partial charge in [-0.15, -0.1) is 0 Å². The summed E-state index contributed by atoms with van der Waals surface area (Å²) < 4.78 is 5.74. The lowest BCUT2D eigenvalue weighted by atomic mass is 10.2. The Morgan fingerprint density at radius 2 is 1.78 bits per heavy atom. The molecule has 0 radical (unpaired) electrons. The van der Waals surface area contributed by atoms with E-state index in [9.17, 15) is 4.79 Å². The molecule has 0 aliphatic rings. The van der Waals surface area contributed by atoms with Crippen LogP contribution in [-0.4, -0.2) is 19.1 Å². The lowest BCUT2D eigenvalue weighted by molar-refractivity contribution is -0.114. The fraction of sp³-hybridized carbons (Fsp3) is 0.316. The normalized spacial score (nSPS) is 10.4. The zero-order chi connectivity index (χ0) is 16.7. The largest absolute Gasteiger partial charge is 0.491 e. The summed E-state index contributed by atoms with van der Waals surface area (Å²) in [6.07, 6.45) is 0. The predicted molar refractivity (Wildman–Crippen MR) is 95.1 cm³/mol. The number of hydrogen-bond acceptors (Lipinski definition) is 3. The van der Waals surface area contributed by atoms with Crippen LogP contribution in [0, 0.1) is 12.8 Å². The van der Waals surface area contributed by atoms with Crippen LogP contribution in [0.2, 0.25) is 0 Å². The smallest absolute Gasteiger partial charge is 0.243 e. The number of anilines is 2. The Morgan fingerprint density at radius 3 is 2.48 bits per heavy atom. The molecule has 0 aromatic heterocycles. The van der Waals surface area contributed by atoms with Crippen LogP contribution >= 0.6 is 0 Å². The maximum absolute atomic E-state index is 12.1. The summed E-state index contributed by atoms with van der Waals surface area (Å²) in [5.41, 5.74) is 2.81. The van der Waals surface area contributed by atoms with Crippen LogP contribution in [0.3, 0.4) is 0 Å². The van der Waals surface area contributed by atoms with E-state index in [0.717, 1.165) is 5.69 Å². The van der Waals surface area contributed by atoms with E-state index in [2.05, 4.69) is 24.5 Å². The van der Waals surface area contributed by atoms with E-state index in [-0.39, 0.29) is 12.5 Å². The number of carbonyl (C=O) groups excluding carboxylic acids is 1. The summed E-state index contributed by atoms with van der Waals surface area (Å²) in [4.78, 5) is 12.1. The average Bonchev–Trinajstić information content (AvgIpc) is 2.53. The van der Waals surface area contributed by atoms with Crippen LogP contribution in [0.25, 0.3) is 0 Å². The fourth-order valence-corrected chi connectivity index (χ4v) is 2.00. The molecule has 1 amide bonds. The highest BCUT2D eigenvalue weighted by Gasteiger charge is 2.08. The highest BCUT2D eigenvalue weighted by molar-refractivity contribution is 5.95. The number of amides is 1. The van der Waals surface area contributed by atoms with E-state index in [4.69, 9.17) is 4.74 Å². The molecule has 4 nitrogen and oxygen atoms in total. The van der Waals surface area contributed by atoms with Crippen molar-refractivity contribution in [3.05, 3.63) is 54.1 Å². The molecule has 0 aliphatic heterocycles. The number of hydrogen-bond donors (Lipinski definition) is 2. The van der Waals surface area contributed by atoms with Crippen molar-refractivity contribution < 1.29 is 9.53 Å². The Labute approximate surface area is 137 Å². The van der Waals surface area contributed by atoms with Gasteiger partial charge in [0.25, 0.3) is 0 Å². The average molecular weight is 312 g/mol. The maximum atomic E-state index is 12.1. The minimum Gasteiger partial charge on any atom is -0.491 e. The highest BCUT2D eigenvalue weighted by atomic mass is 16.5. The second-order valence-corrected chi connectivity index (χ2v) is 5.97. The molecule has 0 saturated carbocycles. The molecule has 0 spiro atoms. The Kier molecular flexibility index (Phi) is 6.03. The third kappa shape index (κ3) is 5.66. The van der Waals surface area contributed by atoms with Crippen molar-refractivity contribution in [1.82, 2.24) is 0 Å². The van der Waals surface area contributed by atoms with Gasteiger partial charge in [0.15, 0.2) is 0 Å². The van der Waals surface area contributed by atoms with Crippen LogP contribution in [-0.2, 0) is 4.79 Å². The Hall–Kier alpha value is -2.49. The van der Waals surface area contributed by atoms with Gasteiger partial charge in [0.2, 0.25) is 5.91 Å². The van der Waals surface area contributed by atoms with Gasteiger partial charge in [-0.3, -0.25) is 4.79 Å². The monoisotopic (exact) mass is 312 g/mol. The van der Waals surface area contributed by atoms with Gasteiger partial charge in [0, 0.05) is 5.69 Å². The third-order valence-corrected chi connectivity index (χ3v) is 3.24. The first-order valence-corrected chi connectivity index (χ1v) is 7.87. The van der Waals surface area contributed by atoms with Crippen LogP contribution in [0.1, 0.15) is 19.4 Å². The second kappa shape index (κ2) is 8.22. The van der Waals surface area contributed by atoms with E-state index in [0.29, 0.717) is 24.0 Å². The number of para-hydroxylation sites is 2. The van der Waals surface area contributed by atoms with Gasteiger partial charge in [-0.05, 0) is 37.1 Å². The number of ether oxygens (including phenoxy) is 1. The third-order valence-electron chi connectivity index (χ3n) is 3.24. The first-order chi connectivity index (χ1) is 11.0. The molecule has 2 N–H and O–H groups in total. The predicted octanol–water partition coefficient (Wildman–Crippen LogP) is 4.08. The molecule has 0 aliphatic carbocycles. The zero-order valence-corrected chi connectivity index (χ0v) is 13.9. The van der Waals surface area contributed by atoms with Crippen molar-refractivity contribution in [3.63, 3.8) is 0 Å². The maximum Gasteiger partial charge on any atom is 0.243 e. The van der Waals surface area contributed by atoms with E-state index < -0.39 is 0 Å². The van der Waals surface area contributed by atoms with E-state index in [1.807, 2.05) is 55.5 Å². The van der Waals surface area contributed by atoms with Gasteiger partial charge in [0.05, 0.1) is 18.8 Å². The molecule has 0 bridgehead atoms. The van der Waals surface area contributed by atoms with E-state index in [1.165, 1.54) is 5.56 Å². The fourth-order valence-electron chi connectivity index (χ4n) is 2.00. The van der Waals surface area contributed by atoms with Crippen LogP contribution in [0.5, 0.6) is 5.75 Å². The molecule has 0 fully saturated rings. The van der Waals surface area contributed by atoms with E-state index in [1.54, 1.807) is 0 Å². The number of nitrogens with one attached hydrogen (secondary N) is 2. The molecular formula is C19H24N2O2. The van der Waals surface area contributed by atoms with Crippen molar-refractivity contribution in [2.24, 2.45) is 5.92 Å². The van der Waals surface area contributed by atoms with Gasteiger partial charge < -0.3 is 15.4 Å². The highest BCUT2D eigenvalue weighted by Crippen LogP contribution is 2.24. The molecule has 23 heavy (non-hydrogen) atoms. The molecule has 4 heteroatoms.